The van der Waals surface area contributed by atoms with Gasteiger partial charge in [0.15, 0.2) is 0 Å². The maximum Gasteiger partial charge on any atom is 0.130 e. The van der Waals surface area contributed by atoms with E-state index in [1.165, 1.54) is 6.07 Å². The Hall–Kier alpha value is -1.09. The summed E-state index contributed by atoms with van der Waals surface area (Å²) < 4.78 is 13.9. The molecule has 0 bridgehead atoms. The lowest BCUT2D eigenvalue weighted by molar-refractivity contribution is 0.540. The summed E-state index contributed by atoms with van der Waals surface area (Å²) in [6.45, 7) is 7.79. The Morgan fingerprint density at radius 3 is 2.62 bits per heavy atom. The van der Waals surface area contributed by atoms with E-state index in [0.717, 1.165) is 24.3 Å². The first-order chi connectivity index (χ1) is 7.61. The Balaban J connectivity index is 3.12. The normalized spacial score (nSPS) is 12.6. The molecule has 1 atom stereocenters. The van der Waals surface area contributed by atoms with Gasteiger partial charge >= 0.3 is 0 Å². The standard InChI is InChI=1S/C13H21FN2/c1-5-15-10(3)13-11(14)8-7-9-12(13)16(4)6-2/h7-10,15H,5-6H2,1-4H3. The fraction of sp³-hybridized carbons (Fsp3) is 0.538. The smallest absolute Gasteiger partial charge is 0.130 e. The van der Waals surface area contributed by atoms with Crippen molar-refractivity contribution in [2.24, 2.45) is 0 Å². The summed E-state index contributed by atoms with van der Waals surface area (Å²) >= 11 is 0. The van der Waals surface area contributed by atoms with Crippen LogP contribution < -0.4 is 10.2 Å². The molecule has 2 nitrogen and oxygen atoms in total. The minimum Gasteiger partial charge on any atom is -0.375 e. The molecule has 0 aromatic heterocycles. The third kappa shape index (κ3) is 2.73. The second-order valence-electron chi connectivity index (χ2n) is 3.97. The minimum atomic E-state index is -0.133. The van der Waals surface area contributed by atoms with Crippen molar-refractivity contribution >= 4 is 5.69 Å². The maximum absolute atomic E-state index is 13.9. The van der Waals surface area contributed by atoms with E-state index in [0.29, 0.717) is 0 Å². The van der Waals surface area contributed by atoms with Crippen molar-refractivity contribution in [1.82, 2.24) is 5.32 Å². The van der Waals surface area contributed by atoms with Crippen molar-refractivity contribution in [2.45, 2.75) is 26.8 Å². The van der Waals surface area contributed by atoms with E-state index in [9.17, 15) is 4.39 Å². The van der Waals surface area contributed by atoms with Gasteiger partial charge in [-0.2, -0.15) is 0 Å². The first kappa shape index (κ1) is 13.0. The molecule has 1 aromatic rings. The van der Waals surface area contributed by atoms with Crippen molar-refractivity contribution in [2.75, 3.05) is 25.0 Å². The molecule has 0 aliphatic heterocycles. The predicted molar refractivity (Wildman–Crippen MR) is 67.4 cm³/mol. The molecule has 0 spiro atoms. The second-order valence-corrected chi connectivity index (χ2v) is 3.97. The van der Waals surface area contributed by atoms with E-state index in [1.54, 1.807) is 6.07 Å². The van der Waals surface area contributed by atoms with E-state index >= 15 is 0 Å². The van der Waals surface area contributed by atoms with E-state index in [4.69, 9.17) is 0 Å². The van der Waals surface area contributed by atoms with Crippen LogP contribution in [0.25, 0.3) is 0 Å². The van der Waals surface area contributed by atoms with Crippen LogP contribution >= 0.6 is 0 Å². The van der Waals surface area contributed by atoms with Crippen LogP contribution in [0.2, 0.25) is 0 Å². The molecule has 3 heteroatoms. The van der Waals surface area contributed by atoms with Crippen molar-refractivity contribution in [3.8, 4) is 0 Å². The van der Waals surface area contributed by atoms with Crippen LogP contribution in [-0.2, 0) is 0 Å². The highest BCUT2D eigenvalue weighted by molar-refractivity contribution is 5.54. The highest BCUT2D eigenvalue weighted by Crippen LogP contribution is 2.28. The molecule has 0 saturated carbocycles. The van der Waals surface area contributed by atoms with Gasteiger partial charge in [0.2, 0.25) is 0 Å². The summed E-state index contributed by atoms with van der Waals surface area (Å²) in [6, 6.07) is 5.29. The van der Waals surface area contributed by atoms with Gasteiger partial charge in [-0.15, -0.1) is 0 Å². The quantitative estimate of drug-likeness (QED) is 0.827. The first-order valence-electron chi connectivity index (χ1n) is 5.84. The van der Waals surface area contributed by atoms with Crippen LogP contribution in [0.3, 0.4) is 0 Å². The molecule has 1 aromatic carbocycles. The third-order valence-corrected chi connectivity index (χ3v) is 2.86. The molecule has 0 aliphatic rings. The molecule has 0 fully saturated rings. The van der Waals surface area contributed by atoms with Gasteiger partial charge in [0, 0.05) is 30.9 Å². The van der Waals surface area contributed by atoms with Crippen LogP contribution in [-0.4, -0.2) is 20.1 Å². The molecule has 1 N–H and O–H groups in total. The van der Waals surface area contributed by atoms with Gasteiger partial charge in [0.05, 0.1) is 0 Å². The van der Waals surface area contributed by atoms with Gasteiger partial charge in [-0.3, -0.25) is 0 Å². The molecule has 1 rings (SSSR count). The van der Waals surface area contributed by atoms with E-state index in [1.807, 2.05) is 27.0 Å². The van der Waals surface area contributed by atoms with Gasteiger partial charge in [0.1, 0.15) is 5.82 Å². The van der Waals surface area contributed by atoms with Crippen molar-refractivity contribution in [1.29, 1.82) is 0 Å². The van der Waals surface area contributed by atoms with E-state index in [2.05, 4.69) is 17.1 Å². The number of rotatable bonds is 5. The molecule has 0 radical (unpaired) electrons. The number of hydrogen-bond acceptors (Lipinski definition) is 2. The van der Waals surface area contributed by atoms with Crippen molar-refractivity contribution < 1.29 is 4.39 Å². The number of nitrogens with zero attached hydrogens (tertiary/aromatic N) is 1. The maximum atomic E-state index is 13.9. The highest BCUT2D eigenvalue weighted by Gasteiger charge is 2.16. The molecule has 1 unspecified atom stereocenters. The minimum absolute atomic E-state index is 0.0372. The zero-order valence-corrected chi connectivity index (χ0v) is 10.5. The number of nitrogens with one attached hydrogen (secondary N) is 1. The number of halogens is 1. The molecule has 90 valence electrons. The van der Waals surface area contributed by atoms with Crippen LogP contribution in [0.15, 0.2) is 18.2 Å². The van der Waals surface area contributed by atoms with E-state index < -0.39 is 0 Å². The fourth-order valence-corrected chi connectivity index (χ4v) is 1.87. The lowest BCUT2D eigenvalue weighted by Crippen LogP contribution is -2.24. The Kier molecular flexibility index (Phi) is 4.74. The largest absolute Gasteiger partial charge is 0.375 e. The fourth-order valence-electron chi connectivity index (χ4n) is 1.87. The average Bonchev–Trinajstić information content (AvgIpc) is 2.27. The van der Waals surface area contributed by atoms with Gasteiger partial charge in [-0.25, -0.2) is 4.39 Å². The topological polar surface area (TPSA) is 15.3 Å². The molecule has 0 heterocycles. The van der Waals surface area contributed by atoms with Crippen molar-refractivity contribution in [3.63, 3.8) is 0 Å². The van der Waals surface area contributed by atoms with Gasteiger partial charge in [0.25, 0.3) is 0 Å². The van der Waals surface area contributed by atoms with Gasteiger partial charge < -0.3 is 10.2 Å². The van der Waals surface area contributed by atoms with E-state index in [-0.39, 0.29) is 11.9 Å². The molecule has 16 heavy (non-hydrogen) atoms. The third-order valence-electron chi connectivity index (χ3n) is 2.86. The second kappa shape index (κ2) is 5.85. The summed E-state index contributed by atoms with van der Waals surface area (Å²) in [5.74, 6) is -0.133. The molecule has 0 saturated heterocycles. The molecule has 0 aliphatic carbocycles. The highest BCUT2D eigenvalue weighted by atomic mass is 19.1. The summed E-state index contributed by atoms with van der Waals surface area (Å²) in [5, 5.41) is 3.26. The lowest BCUT2D eigenvalue weighted by Gasteiger charge is -2.24. The van der Waals surface area contributed by atoms with Gasteiger partial charge in [-0.05, 0) is 32.5 Å². The SMILES string of the molecule is CCNC(C)c1c(F)cccc1N(C)CC. The zero-order valence-electron chi connectivity index (χ0n) is 10.5. The average molecular weight is 224 g/mol. The van der Waals surface area contributed by atoms with Crippen molar-refractivity contribution in [3.05, 3.63) is 29.6 Å². The lowest BCUT2D eigenvalue weighted by atomic mass is 10.0. The molecule has 0 amide bonds. The molecular formula is C13H21FN2. The first-order valence-corrected chi connectivity index (χ1v) is 5.84. The Morgan fingerprint density at radius 2 is 2.06 bits per heavy atom. The Bertz CT molecular complexity index is 339. The number of hydrogen-bond donors (Lipinski definition) is 1. The van der Waals surface area contributed by atoms with Crippen LogP contribution in [0, 0.1) is 5.82 Å². The predicted octanol–water partition coefficient (Wildman–Crippen LogP) is 2.95. The zero-order chi connectivity index (χ0) is 12.1. The summed E-state index contributed by atoms with van der Waals surface area (Å²) in [5.41, 5.74) is 1.73. The van der Waals surface area contributed by atoms with Crippen LogP contribution in [0.5, 0.6) is 0 Å². The van der Waals surface area contributed by atoms with Crippen LogP contribution in [0.4, 0.5) is 10.1 Å². The summed E-state index contributed by atoms with van der Waals surface area (Å²) in [6.07, 6.45) is 0. The van der Waals surface area contributed by atoms with Crippen LogP contribution in [0.1, 0.15) is 32.4 Å². The van der Waals surface area contributed by atoms with Gasteiger partial charge in [-0.1, -0.05) is 13.0 Å². The molecular weight excluding hydrogens is 203 g/mol. The summed E-state index contributed by atoms with van der Waals surface area (Å²) in [4.78, 5) is 2.06. The summed E-state index contributed by atoms with van der Waals surface area (Å²) in [7, 11) is 1.98. The number of benzene rings is 1. The Morgan fingerprint density at radius 1 is 1.38 bits per heavy atom. The Labute approximate surface area is 97.5 Å². The number of anilines is 1. The monoisotopic (exact) mass is 224 g/mol.